The summed E-state index contributed by atoms with van der Waals surface area (Å²) in [5, 5.41) is 3.52. The van der Waals surface area contributed by atoms with E-state index in [9.17, 15) is 4.79 Å². The molecule has 0 spiro atoms. The molecule has 14 heavy (non-hydrogen) atoms. The van der Waals surface area contributed by atoms with E-state index < -0.39 is 0 Å². The molecule has 0 aliphatic heterocycles. The van der Waals surface area contributed by atoms with Crippen LogP contribution in [0.15, 0.2) is 28.9 Å². The SMILES string of the molecule is CC(=O)c1noc(-c2ccccn2)n1. The molecular weight excluding hydrogens is 182 g/mol. The Morgan fingerprint density at radius 1 is 1.43 bits per heavy atom. The number of pyridine rings is 1. The Balaban J connectivity index is 2.39. The van der Waals surface area contributed by atoms with E-state index in [1.807, 2.05) is 0 Å². The normalized spacial score (nSPS) is 10.1. The summed E-state index contributed by atoms with van der Waals surface area (Å²) in [6.07, 6.45) is 1.62. The molecule has 0 aromatic carbocycles. The van der Waals surface area contributed by atoms with Crippen molar-refractivity contribution in [1.29, 1.82) is 0 Å². The molecular formula is C9H7N3O2. The first-order valence-electron chi connectivity index (χ1n) is 4.03. The van der Waals surface area contributed by atoms with E-state index in [-0.39, 0.29) is 17.5 Å². The molecule has 0 bridgehead atoms. The number of rotatable bonds is 2. The van der Waals surface area contributed by atoms with Gasteiger partial charge in [-0.1, -0.05) is 11.2 Å². The lowest BCUT2D eigenvalue weighted by atomic mass is 10.3. The molecule has 0 aliphatic carbocycles. The minimum atomic E-state index is -0.226. The Labute approximate surface area is 79.8 Å². The maximum Gasteiger partial charge on any atom is 0.276 e. The zero-order chi connectivity index (χ0) is 9.97. The summed E-state index contributed by atoms with van der Waals surface area (Å²) in [5.41, 5.74) is 0.563. The lowest BCUT2D eigenvalue weighted by Crippen LogP contribution is -1.94. The molecule has 70 valence electrons. The van der Waals surface area contributed by atoms with E-state index >= 15 is 0 Å². The predicted octanol–water partition coefficient (Wildman–Crippen LogP) is 1.33. The van der Waals surface area contributed by atoms with E-state index in [1.54, 1.807) is 24.4 Å². The van der Waals surface area contributed by atoms with Gasteiger partial charge in [0.15, 0.2) is 0 Å². The highest BCUT2D eigenvalue weighted by Gasteiger charge is 2.11. The van der Waals surface area contributed by atoms with Gasteiger partial charge in [0.2, 0.25) is 11.6 Å². The number of carbonyl (C=O) groups excluding carboxylic acids is 1. The number of ketones is 1. The van der Waals surface area contributed by atoms with Crippen LogP contribution in [0.5, 0.6) is 0 Å². The molecule has 0 atom stereocenters. The van der Waals surface area contributed by atoms with Gasteiger partial charge in [-0.2, -0.15) is 4.98 Å². The van der Waals surface area contributed by atoms with E-state index in [4.69, 9.17) is 4.52 Å². The Kier molecular flexibility index (Phi) is 2.06. The van der Waals surface area contributed by atoms with Crippen molar-refractivity contribution in [3.05, 3.63) is 30.2 Å². The summed E-state index contributed by atoms with van der Waals surface area (Å²) in [7, 11) is 0. The van der Waals surface area contributed by atoms with Crippen LogP contribution in [0.1, 0.15) is 17.5 Å². The van der Waals surface area contributed by atoms with Crippen molar-refractivity contribution in [2.75, 3.05) is 0 Å². The van der Waals surface area contributed by atoms with Crippen molar-refractivity contribution >= 4 is 5.78 Å². The van der Waals surface area contributed by atoms with Crippen molar-refractivity contribution in [2.45, 2.75) is 6.92 Å². The topological polar surface area (TPSA) is 68.9 Å². The summed E-state index contributed by atoms with van der Waals surface area (Å²) < 4.78 is 4.87. The van der Waals surface area contributed by atoms with Crippen LogP contribution in [0.4, 0.5) is 0 Å². The summed E-state index contributed by atoms with van der Waals surface area (Å²) in [5.74, 6) is 0.109. The molecule has 0 unspecified atom stereocenters. The Hall–Kier alpha value is -2.04. The van der Waals surface area contributed by atoms with E-state index in [0.29, 0.717) is 5.69 Å². The van der Waals surface area contributed by atoms with Crippen LogP contribution in [-0.4, -0.2) is 20.9 Å². The number of carbonyl (C=O) groups is 1. The van der Waals surface area contributed by atoms with Gasteiger partial charge in [-0.05, 0) is 12.1 Å². The van der Waals surface area contributed by atoms with Crippen molar-refractivity contribution in [3.8, 4) is 11.6 Å². The lowest BCUT2D eigenvalue weighted by molar-refractivity contribution is 0.100. The van der Waals surface area contributed by atoms with Crippen molar-refractivity contribution < 1.29 is 9.32 Å². The van der Waals surface area contributed by atoms with E-state index in [0.717, 1.165) is 0 Å². The summed E-state index contributed by atoms with van der Waals surface area (Å²) >= 11 is 0. The summed E-state index contributed by atoms with van der Waals surface area (Å²) in [6.45, 7) is 1.38. The zero-order valence-electron chi connectivity index (χ0n) is 7.47. The Morgan fingerprint density at radius 2 is 2.29 bits per heavy atom. The Bertz CT molecular complexity index is 450. The molecule has 0 N–H and O–H groups in total. The second-order valence-electron chi connectivity index (χ2n) is 2.69. The smallest absolute Gasteiger partial charge is 0.276 e. The highest BCUT2D eigenvalue weighted by Crippen LogP contribution is 2.12. The molecule has 2 aromatic rings. The van der Waals surface area contributed by atoms with Gasteiger partial charge in [-0.3, -0.25) is 9.78 Å². The van der Waals surface area contributed by atoms with Crippen LogP contribution >= 0.6 is 0 Å². The van der Waals surface area contributed by atoms with Gasteiger partial charge in [0, 0.05) is 13.1 Å². The van der Waals surface area contributed by atoms with Crippen molar-refractivity contribution in [1.82, 2.24) is 15.1 Å². The minimum absolute atomic E-state index is 0.0747. The van der Waals surface area contributed by atoms with Gasteiger partial charge in [-0.15, -0.1) is 0 Å². The van der Waals surface area contributed by atoms with Gasteiger partial charge in [-0.25, -0.2) is 0 Å². The van der Waals surface area contributed by atoms with Gasteiger partial charge >= 0.3 is 0 Å². The molecule has 2 heterocycles. The van der Waals surface area contributed by atoms with Gasteiger partial charge < -0.3 is 4.52 Å². The largest absolute Gasteiger partial charge is 0.332 e. The van der Waals surface area contributed by atoms with Crippen LogP contribution in [-0.2, 0) is 0 Å². The van der Waals surface area contributed by atoms with Crippen molar-refractivity contribution in [3.63, 3.8) is 0 Å². The van der Waals surface area contributed by atoms with Gasteiger partial charge in [0.25, 0.3) is 5.89 Å². The number of hydrogen-bond donors (Lipinski definition) is 0. The number of hydrogen-bond acceptors (Lipinski definition) is 5. The first kappa shape index (κ1) is 8.55. The fraction of sp³-hybridized carbons (Fsp3) is 0.111. The van der Waals surface area contributed by atoms with Gasteiger partial charge in [0.05, 0.1) is 0 Å². The van der Waals surface area contributed by atoms with Crippen LogP contribution in [0.2, 0.25) is 0 Å². The molecule has 0 saturated heterocycles. The zero-order valence-corrected chi connectivity index (χ0v) is 7.47. The minimum Gasteiger partial charge on any atom is -0.332 e. The number of aromatic nitrogens is 3. The second-order valence-corrected chi connectivity index (χ2v) is 2.69. The molecule has 2 aromatic heterocycles. The highest BCUT2D eigenvalue weighted by molar-refractivity contribution is 5.90. The third-order valence-electron chi connectivity index (χ3n) is 1.62. The maximum absolute atomic E-state index is 10.9. The molecule has 0 fully saturated rings. The molecule has 5 nitrogen and oxygen atoms in total. The van der Waals surface area contributed by atoms with Crippen LogP contribution in [0.25, 0.3) is 11.6 Å². The fourth-order valence-corrected chi connectivity index (χ4v) is 0.960. The predicted molar refractivity (Wildman–Crippen MR) is 47.5 cm³/mol. The number of nitrogens with zero attached hydrogens (tertiary/aromatic N) is 3. The lowest BCUT2D eigenvalue weighted by Gasteiger charge is -1.88. The van der Waals surface area contributed by atoms with E-state index in [2.05, 4.69) is 15.1 Å². The van der Waals surface area contributed by atoms with Crippen LogP contribution in [0, 0.1) is 0 Å². The average molecular weight is 189 g/mol. The fourth-order valence-electron chi connectivity index (χ4n) is 0.960. The summed E-state index contributed by atoms with van der Waals surface area (Å²) in [4.78, 5) is 18.8. The molecule has 0 radical (unpaired) electrons. The molecule has 0 saturated carbocycles. The molecule has 0 amide bonds. The third kappa shape index (κ3) is 1.52. The first-order valence-corrected chi connectivity index (χ1v) is 4.03. The van der Waals surface area contributed by atoms with Crippen LogP contribution in [0.3, 0.4) is 0 Å². The molecule has 0 aliphatic rings. The molecule has 2 rings (SSSR count). The third-order valence-corrected chi connectivity index (χ3v) is 1.62. The van der Waals surface area contributed by atoms with E-state index in [1.165, 1.54) is 6.92 Å². The monoisotopic (exact) mass is 189 g/mol. The molecule has 5 heteroatoms. The summed E-state index contributed by atoms with van der Waals surface area (Å²) in [6, 6.07) is 5.32. The standard InChI is InChI=1S/C9H7N3O2/c1-6(13)8-11-9(14-12-8)7-4-2-3-5-10-7/h2-5H,1H3. The van der Waals surface area contributed by atoms with Gasteiger partial charge in [0.1, 0.15) is 5.69 Å². The van der Waals surface area contributed by atoms with Crippen LogP contribution < -0.4 is 0 Å². The second kappa shape index (κ2) is 3.37. The number of Topliss-reactive ketones (excluding diaryl/α,β-unsaturated/α-hetero) is 1. The van der Waals surface area contributed by atoms with Crippen molar-refractivity contribution in [2.24, 2.45) is 0 Å². The highest BCUT2D eigenvalue weighted by atomic mass is 16.5. The Morgan fingerprint density at radius 3 is 2.86 bits per heavy atom. The quantitative estimate of drug-likeness (QED) is 0.666. The average Bonchev–Trinajstić information content (AvgIpc) is 2.68. The first-order chi connectivity index (χ1) is 6.77. The maximum atomic E-state index is 10.9.